The molecule has 4 fully saturated rings. The Morgan fingerprint density at radius 1 is 0.968 bits per heavy atom. The summed E-state index contributed by atoms with van der Waals surface area (Å²) in [5.41, 5.74) is -7.39. The maximum Gasteiger partial charge on any atom is 0.305 e. The Bertz CT molecular complexity index is 763. The molecule has 0 amide bonds. The van der Waals surface area contributed by atoms with Gasteiger partial charge in [-0.1, -0.05) is 20.8 Å². The Hall–Kier alpha value is -0.770. The summed E-state index contributed by atoms with van der Waals surface area (Å²) >= 11 is 0. The molecule has 6 N–H and O–H groups in total. The quantitative estimate of drug-likeness (QED) is 0.330. The molecule has 4 rings (SSSR count). The van der Waals surface area contributed by atoms with Gasteiger partial charge in [0.25, 0.3) is 0 Å². The van der Waals surface area contributed by atoms with E-state index in [-0.39, 0.29) is 19.3 Å². The van der Waals surface area contributed by atoms with Gasteiger partial charge >= 0.3 is 5.97 Å². The predicted octanol–water partition coefficient (Wildman–Crippen LogP) is 0.1000. The maximum absolute atomic E-state index is 12.3. The first-order valence-electron chi connectivity index (χ1n) is 11.5. The molecule has 8 nitrogen and oxygen atoms in total. The minimum absolute atomic E-state index is 0.0250. The molecular formula is C23H38O8. The highest BCUT2D eigenvalue weighted by molar-refractivity contribution is 5.69. The number of hydrogen-bond donors (Lipinski definition) is 6. The smallest absolute Gasteiger partial charge is 0.305 e. The second-order valence-corrected chi connectivity index (χ2v) is 11.6. The molecule has 0 aliphatic heterocycles. The Labute approximate surface area is 183 Å². The van der Waals surface area contributed by atoms with Crippen molar-refractivity contribution in [3.63, 3.8) is 0 Å². The fourth-order valence-corrected chi connectivity index (χ4v) is 8.15. The number of fused-ring (bicyclic) bond motifs is 2. The molecule has 0 saturated heterocycles. The van der Waals surface area contributed by atoms with E-state index in [1.165, 1.54) is 0 Å². The SMILES string of the molecule is CCC(=O)OC1C2CCC3C(C)(O)C4CC(O)C(C)(C)C4(O)C(O)C(O)C13CC2(C)O. The molecule has 0 radical (unpaired) electrons. The van der Waals surface area contributed by atoms with Crippen LogP contribution in [0.5, 0.6) is 0 Å². The molecule has 2 bridgehead atoms. The summed E-state index contributed by atoms with van der Waals surface area (Å²) < 4.78 is 5.81. The maximum atomic E-state index is 12.3. The summed E-state index contributed by atoms with van der Waals surface area (Å²) in [5.74, 6) is -2.51. The van der Waals surface area contributed by atoms with Crippen LogP contribution in [0.25, 0.3) is 0 Å². The summed E-state index contributed by atoms with van der Waals surface area (Å²) in [7, 11) is 0. The molecule has 31 heavy (non-hydrogen) atoms. The first kappa shape index (κ1) is 23.4. The summed E-state index contributed by atoms with van der Waals surface area (Å²) in [6.45, 7) is 8.13. The van der Waals surface area contributed by atoms with E-state index in [1.54, 1.807) is 34.6 Å². The van der Waals surface area contributed by atoms with E-state index >= 15 is 0 Å². The van der Waals surface area contributed by atoms with Gasteiger partial charge in [0.15, 0.2) is 0 Å². The number of aliphatic hydroxyl groups is 6. The lowest BCUT2D eigenvalue weighted by atomic mass is 9.56. The normalized spacial score (nSPS) is 57.7. The van der Waals surface area contributed by atoms with Gasteiger partial charge < -0.3 is 35.4 Å². The molecule has 1 spiro atoms. The molecule has 11 atom stereocenters. The van der Waals surface area contributed by atoms with Crippen LogP contribution in [0.1, 0.15) is 66.7 Å². The summed E-state index contributed by atoms with van der Waals surface area (Å²) in [4.78, 5) is 12.3. The predicted molar refractivity (Wildman–Crippen MR) is 110 cm³/mol. The zero-order chi connectivity index (χ0) is 23.4. The van der Waals surface area contributed by atoms with Crippen molar-refractivity contribution in [2.45, 2.75) is 108 Å². The minimum atomic E-state index is -1.98. The van der Waals surface area contributed by atoms with E-state index in [9.17, 15) is 35.4 Å². The number of ether oxygens (including phenoxy) is 1. The van der Waals surface area contributed by atoms with E-state index in [4.69, 9.17) is 4.74 Å². The zero-order valence-corrected chi connectivity index (χ0v) is 19.1. The number of carbonyl (C=O) groups excluding carboxylic acids is 1. The number of esters is 1. The van der Waals surface area contributed by atoms with Gasteiger partial charge in [-0.25, -0.2) is 0 Å². The van der Waals surface area contributed by atoms with Crippen molar-refractivity contribution in [2.75, 3.05) is 0 Å². The second-order valence-electron chi connectivity index (χ2n) is 11.6. The van der Waals surface area contributed by atoms with Crippen molar-refractivity contribution in [1.82, 2.24) is 0 Å². The van der Waals surface area contributed by atoms with Crippen LogP contribution in [0.3, 0.4) is 0 Å². The molecule has 4 aliphatic rings. The molecule has 0 aromatic rings. The molecule has 0 aromatic heterocycles. The third kappa shape index (κ3) is 2.60. The highest BCUT2D eigenvalue weighted by atomic mass is 16.5. The Kier molecular flexibility index (Phi) is 5.01. The van der Waals surface area contributed by atoms with Crippen LogP contribution in [0, 0.1) is 28.6 Å². The van der Waals surface area contributed by atoms with Gasteiger partial charge in [-0.2, -0.15) is 0 Å². The van der Waals surface area contributed by atoms with Crippen LogP contribution in [0.2, 0.25) is 0 Å². The largest absolute Gasteiger partial charge is 0.461 e. The number of aliphatic hydroxyl groups excluding tert-OH is 3. The Morgan fingerprint density at radius 3 is 2.16 bits per heavy atom. The van der Waals surface area contributed by atoms with Gasteiger partial charge in [-0.15, -0.1) is 0 Å². The van der Waals surface area contributed by atoms with Crippen molar-refractivity contribution in [3.8, 4) is 0 Å². The molecular weight excluding hydrogens is 404 g/mol. The molecule has 178 valence electrons. The molecule has 0 aromatic carbocycles. The topological polar surface area (TPSA) is 148 Å². The number of hydrogen-bond acceptors (Lipinski definition) is 8. The number of carbonyl (C=O) groups is 1. The van der Waals surface area contributed by atoms with E-state index in [1.807, 2.05) is 0 Å². The van der Waals surface area contributed by atoms with Gasteiger partial charge in [0.2, 0.25) is 0 Å². The van der Waals surface area contributed by atoms with Gasteiger partial charge in [-0.3, -0.25) is 4.79 Å². The van der Waals surface area contributed by atoms with Gasteiger partial charge in [-0.05, 0) is 45.4 Å². The second kappa shape index (κ2) is 6.64. The molecule has 8 heteroatoms. The third-order valence-electron chi connectivity index (χ3n) is 9.89. The van der Waals surface area contributed by atoms with Crippen molar-refractivity contribution in [3.05, 3.63) is 0 Å². The van der Waals surface area contributed by atoms with Crippen LogP contribution >= 0.6 is 0 Å². The van der Waals surface area contributed by atoms with E-state index in [0.29, 0.717) is 12.8 Å². The number of rotatable bonds is 2. The van der Waals surface area contributed by atoms with Crippen LogP contribution in [0.4, 0.5) is 0 Å². The van der Waals surface area contributed by atoms with Crippen LogP contribution in [-0.4, -0.2) is 77.8 Å². The highest BCUT2D eigenvalue weighted by Gasteiger charge is 2.79. The van der Waals surface area contributed by atoms with Crippen molar-refractivity contribution < 1.29 is 40.2 Å². The fraction of sp³-hybridized carbons (Fsp3) is 0.957. The first-order valence-corrected chi connectivity index (χ1v) is 11.5. The van der Waals surface area contributed by atoms with Crippen molar-refractivity contribution in [2.24, 2.45) is 28.6 Å². The molecule has 0 heterocycles. The Balaban J connectivity index is 1.94. The summed E-state index contributed by atoms with van der Waals surface area (Å²) in [6.07, 6.45) is -4.07. The monoisotopic (exact) mass is 442 g/mol. The van der Waals surface area contributed by atoms with E-state index in [0.717, 1.165) is 0 Å². The van der Waals surface area contributed by atoms with E-state index < -0.39 is 75.8 Å². The minimum Gasteiger partial charge on any atom is -0.461 e. The van der Waals surface area contributed by atoms with Crippen LogP contribution in [-0.2, 0) is 9.53 Å². The van der Waals surface area contributed by atoms with Crippen molar-refractivity contribution in [1.29, 1.82) is 0 Å². The lowest BCUT2D eigenvalue weighted by molar-refractivity contribution is -0.224. The summed E-state index contributed by atoms with van der Waals surface area (Å²) in [5, 5.41) is 68.9. The van der Waals surface area contributed by atoms with E-state index in [2.05, 4.69) is 0 Å². The zero-order valence-electron chi connectivity index (χ0n) is 19.1. The van der Waals surface area contributed by atoms with Gasteiger partial charge in [0, 0.05) is 29.1 Å². The Morgan fingerprint density at radius 2 is 1.58 bits per heavy atom. The summed E-state index contributed by atoms with van der Waals surface area (Å²) in [6, 6.07) is 0. The highest BCUT2D eigenvalue weighted by Crippen LogP contribution is 2.70. The molecule has 4 saturated carbocycles. The third-order valence-corrected chi connectivity index (χ3v) is 9.89. The average molecular weight is 443 g/mol. The lowest BCUT2D eigenvalue weighted by Gasteiger charge is -2.53. The lowest BCUT2D eigenvalue weighted by Crippen LogP contribution is -2.63. The van der Waals surface area contributed by atoms with Crippen LogP contribution in [0.15, 0.2) is 0 Å². The van der Waals surface area contributed by atoms with Gasteiger partial charge in [0.05, 0.1) is 23.4 Å². The van der Waals surface area contributed by atoms with Crippen molar-refractivity contribution >= 4 is 5.97 Å². The van der Waals surface area contributed by atoms with Crippen LogP contribution < -0.4 is 0 Å². The molecule has 11 unspecified atom stereocenters. The average Bonchev–Trinajstić information content (AvgIpc) is 2.93. The van der Waals surface area contributed by atoms with Gasteiger partial charge in [0.1, 0.15) is 17.8 Å². The molecule has 4 aliphatic carbocycles. The fourth-order valence-electron chi connectivity index (χ4n) is 8.15. The standard InChI is InChI=1S/C23H38O8/c1-6-15(25)31-18-11-7-8-12-21(5,29)13-9-14(24)19(2,3)23(13,30)17(27)16(26)22(12,18)10-20(11,4)28/h11-14,16-18,24,26-30H,6-10H2,1-5H3. The first-order chi connectivity index (χ1) is 14.1.